The highest BCUT2D eigenvalue weighted by molar-refractivity contribution is 7.12. The summed E-state index contributed by atoms with van der Waals surface area (Å²) in [4.78, 5) is 11.5. The average molecular weight is 187 g/mol. The van der Waals surface area contributed by atoms with Gasteiger partial charge in [-0.15, -0.1) is 11.3 Å². The van der Waals surface area contributed by atoms with E-state index in [9.17, 15) is 4.79 Å². The molecule has 0 atom stereocenters. The number of anilines is 1. The van der Waals surface area contributed by atoms with E-state index < -0.39 is 5.97 Å². The van der Waals surface area contributed by atoms with Gasteiger partial charge in [-0.05, 0) is 11.4 Å². The minimum atomic E-state index is -0.440. The van der Waals surface area contributed by atoms with Crippen LogP contribution >= 0.6 is 11.3 Å². The lowest BCUT2D eigenvalue weighted by Gasteiger charge is -2.00. The highest BCUT2D eigenvalue weighted by atomic mass is 32.1. The molecule has 66 valence electrons. The Balaban J connectivity index is 2.59. The van der Waals surface area contributed by atoms with Gasteiger partial charge in [-0.2, -0.15) is 0 Å². The van der Waals surface area contributed by atoms with Crippen molar-refractivity contribution in [3.63, 3.8) is 0 Å². The third kappa shape index (κ3) is 1.96. The standard InChI is InChI=1S/C7H9NO3S/c1-10-4-11-7(9)6-5(8)2-3-12-6/h2-3H,4,8H2,1H3. The van der Waals surface area contributed by atoms with Crippen molar-refractivity contribution in [1.82, 2.24) is 0 Å². The number of hydrogen-bond donors (Lipinski definition) is 1. The van der Waals surface area contributed by atoms with E-state index in [-0.39, 0.29) is 6.79 Å². The largest absolute Gasteiger partial charge is 0.434 e. The molecule has 1 heterocycles. The Hall–Kier alpha value is -1.07. The highest BCUT2D eigenvalue weighted by Gasteiger charge is 2.11. The van der Waals surface area contributed by atoms with Crippen molar-refractivity contribution in [2.24, 2.45) is 0 Å². The van der Waals surface area contributed by atoms with Crippen molar-refractivity contribution in [3.8, 4) is 0 Å². The molecule has 0 saturated carbocycles. The van der Waals surface area contributed by atoms with Gasteiger partial charge in [0.05, 0.1) is 5.69 Å². The minimum Gasteiger partial charge on any atom is -0.434 e. The molecule has 2 N–H and O–H groups in total. The first-order chi connectivity index (χ1) is 5.75. The van der Waals surface area contributed by atoms with Crippen LogP contribution in [0.2, 0.25) is 0 Å². The van der Waals surface area contributed by atoms with Gasteiger partial charge in [0.1, 0.15) is 4.88 Å². The number of nitrogen functional groups attached to an aromatic ring is 1. The molecule has 0 amide bonds. The summed E-state index contributed by atoms with van der Waals surface area (Å²) in [7, 11) is 1.45. The van der Waals surface area contributed by atoms with E-state index in [0.29, 0.717) is 10.6 Å². The van der Waals surface area contributed by atoms with Gasteiger partial charge in [0.15, 0.2) is 6.79 Å². The summed E-state index contributed by atoms with van der Waals surface area (Å²) in [5.74, 6) is -0.440. The molecule has 1 aromatic heterocycles. The van der Waals surface area contributed by atoms with E-state index in [2.05, 4.69) is 9.47 Å². The zero-order valence-electron chi connectivity index (χ0n) is 6.57. The fourth-order valence-corrected chi connectivity index (χ4v) is 1.37. The van der Waals surface area contributed by atoms with E-state index in [0.717, 1.165) is 0 Å². The number of methoxy groups -OCH3 is 1. The van der Waals surface area contributed by atoms with E-state index in [4.69, 9.17) is 5.73 Å². The van der Waals surface area contributed by atoms with Crippen LogP contribution < -0.4 is 5.73 Å². The lowest BCUT2D eigenvalue weighted by atomic mass is 10.4. The van der Waals surface area contributed by atoms with Crippen molar-refractivity contribution in [2.75, 3.05) is 19.6 Å². The van der Waals surface area contributed by atoms with Crippen molar-refractivity contribution >= 4 is 23.0 Å². The molecule has 1 aromatic rings. The maximum Gasteiger partial charge on any atom is 0.352 e. The number of hydrogen-bond acceptors (Lipinski definition) is 5. The Morgan fingerprint density at radius 2 is 2.50 bits per heavy atom. The molecule has 1 rings (SSSR count). The van der Waals surface area contributed by atoms with Crippen LogP contribution in [-0.2, 0) is 9.47 Å². The number of esters is 1. The second kappa shape index (κ2) is 4.08. The highest BCUT2D eigenvalue weighted by Crippen LogP contribution is 2.19. The summed E-state index contributed by atoms with van der Waals surface area (Å²) >= 11 is 1.25. The first-order valence-corrected chi connectivity index (χ1v) is 4.12. The van der Waals surface area contributed by atoms with Gasteiger partial charge in [0.2, 0.25) is 0 Å². The second-order valence-corrected chi connectivity index (χ2v) is 2.96. The van der Waals surface area contributed by atoms with Crippen LogP contribution in [0.4, 0.5) is 5.69 Å². The Labute approximate surface area is 73.9 Å². The monoisotopic (exact) mass is 187 g/mol. The van der Waals surface area contributed by atoms with Gasteiger partial charge < -0.3 is 15.2 Å². The molecule has 0 bridgehead atoms. The van der Waals surface area contributed by atoms with Crippen molar-refractivity contribution in [2.45, 2.75) is 0 Å². The van der Waals surface area contributed by atoms with Gasteiger partial charge in [0.25, 0.3) is 0 Å². The fraction of sp³-hybridized carbons (Fsp3) is 0.286. The van der Waals surface area contributed by atoms with Crippen LogP contribution in [0.5, 0.6) is 0 Å². The summed E-state index contributed by atoms with van der Waals surface area (Å²) in [6.45, 7) is -0.0455. The molecule has 0 aliphatic heterocycles. The van der Waals surface area contributed by atoms with Gasteiger partial charge >= 0.3 is 5.97 Å². The molecule has 0 aliphatic carbocycles. The van der Waals surface area contributed by atoms with Gasteiger partial charge in [0, 0.05) is 7.11 Å². The van der Waals surface area contributed by atoms with Gasteiger partial charge in [-0.1, -0.05) is 0 Å². The third-order valence-corrected chi connectivity index (χ3v) is 2.10. The van der Waals surface area contributed by atoms with Crippen LogP contribution in [0.3, 0.4) is 0 Å². The Bertz CT molecular complexity index is 271. The average Bonchev–Trinajstić information content (AvgIpc) is 2.47. The van der Waals surface area contributed by atoms with Gasteiger partial charge in [-0.25, -0.2) is 4.79 Å². The van der Waals surface area contributed by atoms with Gasteiger partial charge in [-0.3, -0.25) is 0 Å². The molecule has 0 aromatic carbocycles. The number of carbonyl (C=O) groups excluding carboxylic acids is 1. The van der Waals surface area contributed by atoms with Crippen LogP contribution in [0, 0.1) is 0 Å². The van der Waals surface area contributed by atoms with Crippen LogP contribution in [0.15, 0.2) is 11.4 Å². The maximum atomic E-state index is 11.1. The van der Waals surface area contributed by atoms with Crippen molar-refractivity contribution < 1.29 is 14.3 Å². The number of thiophene rings is 1. The smallest absolute Gasteiger partial charge is 0.352 e. The molecule has 4 nitrogen and oxygen atoms in total. The van der Waals surface area contributed by atoms with E-state index in [1.807, 2.05) is 0 Å². The minimum absolute atomic E-state index is 0.0455. The molecule has 0 saturated heterocycles. The topological polar surface area (TPSA) is 61.5 Å². The van der Waals surface area contributed by atoms with E-state index in [1.54, 1.807) is 11.4 Å². The van der Waals surface area contributed by atoms with E-state index >= 15 is 0 Å². The van der Waals surface area contributed by atoms with Crippen LogP contribution in [0.25, 0.3) is 0 Å². The molecule has 0 unspecified atom stereocenters. The number of carbonyl (C=O) groups is 1. The van der Waals surface area contributed by atoms with Crippen molar-refractivity contribution in [1.29, 1.82) is 0 Å². The Morgan fingerprint density at radius 3 is 3.00 bits per heavy atom. The lowest BCUT2D eigenvalue weighted by molar-refractivity contribution is -0.0119. The van der Waals surface area contributed by atoms with E-state index in [1.165, 1.54) is 18.4 Å². The fourth-order valence-electron chi connectivity index (χ4n) is 0.663. The summed E-state index contributed by atoms with van der Waals surface area (Å²) in [5, 5.41) is 1.73. The molecule has 0 aliphatic rings. The maximum absolute atomic E-state index is 11.1. The van der Waals surface area contributed by atoms with Crippen molar-refractivity contribution in [3.05, 3.63) is 16.3 Å². The molecule has 0 radical (unpaired) electrons. The predicted octanol–water partition coefficient (Wildman–Crippen LogP) is 1.09. The predicted molar refractivity (Wildman–Crippen MR) is 46.0 cm³/mol. The summed E-state index contributed by atoms with van der Waals surface area (Å²) in [5.41, 5.74) is 5.93. The summed E-state index contributed by atoms with van der Waals surface area (Å²) in [6, 6.07) is 1.66. The number of nitrogens with two attached hydrogens (primary N) is 1. The Kier molecular flexibility index (Phi) is 3.07. The zero-order chi connectivity index (χ0) is 8.97. The molecular weight excluding hydrogens is 178 g/mol. The Morgan fingerprint density at radius 1 is 1.75 bits per heavy atom. The summed E-state index contributed by atoms with van der Waals surface area (Å²) < 4.78 is 9.26. The molecule has 0 spiro atoms. The molecule has 0 fully saturated rings. The third-order valence-electron chi connectivity index (χ3n) is 1.19. The molecule has 5 heteroatoms. The summed E-state index contributed by atoms with van der Waals surface area (Å²) in [6.07, 6.45) is 0. The molecule has 12 heavy (non-hydrogen) atoms. The number of rotatable bonds is 3. The van der Waals surface area contributed by atoms with Crippen LogP contribution in [0.1, 0.15) is 9.67 Å². The zero-order valence-corrected chi connectivity index (χ0v) is 7.39. The normalized spacial score (nSPS) is 9.75. The second-order valence-electron chi connectivity index (χ2n) is 2.04. The number of ether oxygens (including phenoxy) is 2. The SMILES string of the molecule is COCOC(=O)c1sccc1N. The van der Waals surface area contributed by atoms with Crippen LogP contribution in [-0.4, -0.2) is 19.9 Å². The lowest BCUT2D eigenvalue weighted by Crippen LogP contribution is -2.07. The quantitative estimate of drug-likeness (QED) is 0.568. The first-order valence-electron chi connectivity index (χ1n) is 3.24. The molecular formula is C7H9NO3S. The first kappa shape index (κ1) is 9.02.